The number of hydrogen-bond donors (Lipinski definition) is 1. The molecule has 0 bridgehead atoms. The fourth-order valence-electron chi connectivity index (χ4n) is 2.00. The molecule has 0 fully saturated rings. The molecule has 0 aliphatic rings. The van der Waals surface area contributed by atoms with Crippen molar-refractivity contribution in [2.75, 3.05) is 14.2 Å². The summed E-state index contributed by atoms with van der Waals surface area (Å²) in [7, 11) is 3.08. The van der Waals surface area contributed by atoms with E-state index >= 15 is 0 Å². The van der Waals surface area contributed by atoms with Gasteiger partial charge in [0.05, 0.1) is 19.3 Å². The van der Waals surface area contributed by atoms with E-state index in [2.05, 4.69) is 10.3 Å². The lowest BCUT2D eigenvalue weighted by atomic mass is 9.99. The van der Waals surface area contributed by atoms with Crippen molar-refractivity contribution in [1.82, 2.24) is 10.3 Å². The van der Waals surface area contributed by atoms with E-state index in [1.54, 1.807) is 19.2 Å². The van der Waals surface area contributed by atoms with E-state index in [4.69, 9.17) is 4.74 Å². The molecule has 1 atom stereocenters. The van der Waals surface area contributed by atoms with Gasteiger partial charge in [-0.05, 0) is 24.7 Å². The van der Waals surface area contributed by atoms with Gasteiger partial charge >= 0.3 is 0 Å². The molecule has 0 aliphatic heterocycles. The number of hydrogen-bond acceptors (Lipinski definition) is 3. The summed E-state index contributed by atoms with van der Waals surface area (Å²) in [5.41, 5.74) is 0.934. The number of benzene rings is 1. The van der Waals surface area contributed by atoms with Gasteiger partial charge in [0.25, 0.3) is 0 Å². The number of ether oxygens (including phenoxy) is 1. The molecule has 2 rings (SSSR count). The van der Waals surface area contributed by atoms with Crippen LogP contribution in [-0.2, 0) is 0 Å². The van der Waals surface area contributed by atoms with E-state index in [0.29, 0.717) is 11.1 Å². The fourth-order valence-corrected chi connectivity index (χ4v) is 2.00. The predicted molar refractivity (Wildman–Crippen MR) is 68.0 cm³/mol. The van der Waals surface area contributed by atoms with Gasteiger partial charge in [-0.15, -0.1) is 0 Å². The largest absolute Gasteiger partial charge is 0.494 e. The van der Waals surface area contributed by atoms with Gasteiger partial charge in [0, 0.05) is 11.8 Å². The minimum atomic E-state index is -0.488. The molecule has 0 saturated heterocycles. The van der Waals surface area contributed by atoms with Crippen LogP contribution in [-0.4, -0.2) is 19.1 Å². The number of nitrogens with one attached hydrogen (secondary N) is 1. The highest BCUT2D eigenvalue weighted by Crippen LogP contribution is 2.28. The topological polar surface area (TPSA) is 34.2 Å². The summed E-state index contributed by atoms with van der Waals surface area (Å²) in [6, 6.07) is 5.69. The summed E-state index contributed by atoms with van der Waals surface area (Å²) < 4.78 is 32.4. The fraction of sp³-hybridized carbons (Fsp3) is 0.214. The lowest BCUT2D eigenvalue weighted by molar-refractivity contribution is 0.382. The summed E-state index contributed by atoms with van der Waals surface area (Å²) in [5.74, 6) is -0.767. The van der Waals surface area contributed by atoms with Crippen molar-refractivity contribution in [2.24, 2.45) is 0 Å². The van der Waals surface area contributed by atoms with Crippen molar-refractivity contribution in [2.45, 2.75) is 6.04 Å². The quantitative estimate of drug-likeness (QED) is 0.922. The number of pyridine rings is 1. The van der Waals surface area contributed by atoms with Crippen molar-refractivity contribution < 1.29 is 13.5 Å². The minimum Gasteiger partial charge on any atom is -0.494 e. The summed E-state index contributed by atoms with van der Waals surface area (Å²) in [5, 5.41) is 2.95. The van der Waals surface area contributed by atoms with Crippen LogP contribution in [0.2, 0.25) is 0 Å². The summed E-state index contributed by atoms with van der Waals surface area (Å²) in [6.45, 7) is 0. The molecule has 100 valence electrons. The summed E-state index contributed by atoms with van der Waals surface area (Å²) in [4.78, 5) is 3.78. The lowest BCUT2D eigenvalue weighted by Gasteiger charge is -2.18. The Morgan fingerprint density at radius 3 is 2.68 bits per heavy atom. The second-order valence-electron chi connectivity index (χ2n) is 4.02. The van der Waals surface area contributed by atoms with E-state index in [9.17, 15) is 8.78 Å². The zero-order valence-corrected chi connectivity index (χ0v) is 10.7. The Morgan fingerprint density at radius 2 is 2.05 bits per heavy atom. The first-order valence-electron chi connectivity index (χ1n) is 5.77. The standard InChI is InChI=1S/C14H14F2N2O/c1-17-14(9-6-10(15)8-18-7-9)11-4-3-5-12(19-2)13(11)16/h3-8,14,17H,1-2H3. The van der Waals surface area contributed by atoms with Crippen LogP contribution >= 0.6 is 0 Å². The zero-order chi connectivity index (χ0) is 13.8. The van der Waals surface area contributed by atoms with Crippen LogP contribution < -0.4 is 10.1 Å². The lowest BCUT2D eigenvalue weighted by Crippen LogP contribution is -2.19. The van der Waals surface area contributed by atoms with E-state index < -0.39 is 17.7 Å². The Balaban J connectivity index is 2.48. The van der Waals surface area contributed by atoms with Gasteiger partial charge in [-0.2, -0.15) is 0 Å². The highest BCUT2D eigenvalue weighted by molar-refractivity contribution is 5.37. The molecule has 0 radical (unpaired) electrons. The summed E-state index contributed by atoms with van der Waals surface area (Å²) >= 11 is 0. The number of aromatic nitrogens is 1. The molecule has 1 aromatic carbocycles. The summed E-state index contributed by atoms with van der Waals surface area (Å²) in [6.07, 6.45) is 2.61. The molecular formula is C14H14F2N2O. The van der Waals surface area contributed by atoms with Crippen molar-refractivity contribution in [3.05, 3.63) is 59.4 Å². The monoisotopic (exact) mass is 264 g/mol. The Kier molecular flexibility index (Phi) is 4.06. The van der Waals surface area contributed by atoms with Gasteiger partial charge in [0.15, 0.2) is 11.6 Å². The molecule has 5 heteroatoms. The van der Waals surface area contributed by atoms with E-state index in [1.807, 2.05) is 0 Å². The normalized spacial score (nSPS) is 12.2. The molecule has 1 N–H and O–H groups in total. The third-order valence-corrected chi connectivity index (χ3v) is 2.87. The molecule has 1 aromatic heterocycles. The first kappa shape index (κ1) is 13.4. The third kappa shape index (κ3) is 2.71. The second kappa shape index (κ2) is 5.75. The van der Waals surface area contributed by atoms with Crippen molar-refractivity contribution >= 4 is 0 Å². The first-order chi connectivity index (χ1) is 9.17. The highest BCUT2D eigenvalue weighted by atomic mass is 19.1. The van der Waals surface area contributed by atoms with Crippen LogP contribution in [0.1, 0.15) is 17.2 Å². The zero-order valence-electron chi connectivity index (χ0n) is 10.7. The SMILES string of the molecule is CNC(c1cncc(F)c1)c1cccc(OC)c1F. The van der Waals surface area contributed by atoms with Gasteiger partial charge in [0.1, 0.15) is 5.82 Å². The van der Waals surface area contributed by atoms with Gasteiger partial charge in [-0.25, -0.2) is 8.78 Å². The number of rotatable bonds is 4. The van der Waals surface area contributed by atoms with Gasteiger partial charge in [0.2, 0.25) is 0 Å². The van der Waals surface area contributed by atoms with Gasteiger partial charge in [-0.1, -0.05) is 12.1 Å². The van der Waals surface area contributed by atoms with Gasteiger partial charge < -0.3 is 10.1 Å². The molecule has 0 aliphatic carbocycles. The minimum absolute atomic E-state index is 0.155. The van der Waals surface area contributed by atoms with Crippen LogP contribution in [0.25, 0.3) is 0 Å². The van der Waals surface area contributed by atoms with E-state index in [1.165, 1.54) is 25.4 Å². The maximum absolute atomic E-state index is 14.2. The molecule has 19 heavy (non-hydrogen) atoms. The van der Waals surface area contributed by atoms with Crippen LogP contribution in [0.3, 0.4) is 0 Å². The Hall–Kier alpha value is -2.01. The molecule has 0 spiro atoms. The average molecular weight is 264 g/mol. The molecule has 0 saturated carbocycles. The van der Waals surface area contributed by atoms with Crippen LogP contribution in [0, 0.1) is 11.6 Å². The maximum Gasteiger partial charge on any atom is 0.170 e. The third-order valence-electron chi connectivity index (χ3n) is 2.87. The van der Waals surface area contributed by atoms with Gasteiger partial charge in [-0.3, -0.25) is 4.98 Å². The molecule has 1 heterocycles. The Bertz CT molecular complexity index is 575. The molecule has 0 amide bonds. The first-order valence-corrected chi connectivity index (χ1v) is 5.77. The van der Waals surface area contributed by atoms with Crippen molar-refractivity contribution in [3.63, 3.8) is 0 Å². The van der Waals surface area contributed by atoms with E-state index in [-0.39, 0.29) is 5.75 Å². The number of nitrogens with zero attached hydrogens (tertiary/aromatic N) is 1. The van der Waals surface area contributed by atoms with E-state index in [0.717, 1.165) is 6.20 Å². The van der Waals surface area contributed by atoms with Crippen LogP contribution in [0.5, 0.6) is 5.75 Å². The molecule has 2 aromatic rings. The average Bonchev–Trinajstić information content (AvgIpc) is 2.41. The van der Waals surface area contributed by atoms with Crippen LogP contribution in [0.4, 0.5) is 8.78 Å². The predicted octanol–water partition coefficient (Wildman–Crippen LogP) is 2.68. The van der Waals surface area contributed by atoms with Crippen molar-refractivity contribution in [3.8, 4) is 5.75 Å². The molecular weight excluding hydrogens is 250 g/mol. The Morgan fingerprint density at radius 1 is 1.26 bits per heavy atom. The second-order valence-corrected chi connectivity index (χ2v) is 4.02. The molecule has 3 nitrogen and oxygen atoms in total. The Labute approximate surface area is 110 Å². The maximum atomic E-state index is 14.2. The smallest absolute Gasteiger partial charge is 0.170 e. The van der Waals surface area contributed by atoms with Crippen molar-refractivity contribution in [1.29, 1.82) is 0 Å². The molecule has 1 unspecified atom stereocenters. The number of methoxy groups -OCH3 is 1. The highest BCUT2D eigenvalue weighted by Gasteiger charge is 2.19. The van der Waals surface area contributed by atoms with Crippen LogP contribution in [0.15, 0.2) is 36.7 Å². The number of halogens is 2.